The number of piperidine rings is 1. The van der Waals surface area contributed by atoms with Crippen LogP contribution in [0.1, 0.15) is 19.3 Å². The summed E-state index contributed by atoms with van der Waals surface area (Å²) in [5.74, 6) is 0.288. The van der Waals surface area contributed by atoms with E-state index in [1.54, 1.807) is 0 Å². The molecule has 0 saturated carbocycles. The monoisotopic (exact) mass is 183 g/mol. The predicted molar refractivity (Wildman–Crippen MR) is 50.0 cm³/mol. The van der Waals surface area contributed by atoms with Gasteiger partial charge < -0.3 is 5.32 Å². The fraction of sp³-hybridized carbons (Fsp3) is 0.889. The van der Waals surface area contributed by atoms with Gasteiger partial charge in [-0.05, 0) is 19.4 Å². The SMILES string of the molecule is CN1CCC(=O)N1C1CCCNC1. The first-order chi connectivity index (χ1) is 6.29. The normalized spacial score (nSPS) is 31.3. The number of rotatable bonds is 1. The number of carbonyl (C=O) groups is 1. The highest BCUT2D eigenvalue weighted by molar-refractivity contribution is 5.78. The smallest absolute Gasteiger partial charge is 0.238 e. The van der Waals surface area contributed by atoms with Crippen molar-refractivity contribution in [3.8, 4) is 0 Å². The number of amides is 1. The van der Waals surface area contributed by atoms with E-state index in [2.05, 4.69) is 10.3 Å². The Morgan fingerprint density at radius 2 is 2.38 bits per heavy atom. The van der Waals surface area contributed by atoms with E-state index in [1.807, 2.05) is 12.1 Å². The molecule has 74 valence electrons. The Morgan fingerprint density at radius 3 is 2.92 bits per heavy atom. The van der Waals surface area contributed by atoms with Gasteiger partial charge in [-0.15, -0.1) is 0 Å². The van der Waals surface area contributed by atoms with Crippen molar-refractivity contribution in [1.29, 1.82) is 0 Å². The van der Waals surface area contributed by atoms with Crippen molar-refractivity contribution in [2.24, 2.45) is 0 Å². The molecule has 0 bridgehead atoms. The number of hydrazine groups is 1. The fourth-order valence-electron chi connectivity index (χ4n) is 2.19. The molecule has 1 N–H and O–H groups in total. The third-order valence-electron chi connectivity index (χ3n) is 2.89. The van der Waals surface area contributed by atoms with Gasteiger partial charge in [-0.25, -0.2) is 5.01 Å². The Hall–Kier alpha value is -0.610. The van der Waals surface area contributed by atoms with Crippen LogP contribution in [0.2, 0.25) is 0 Å². The second kappa shape index (κ2) is 3.64. The highest BCUT2D eigenvalue weighted by Crippen LogP contribution is 2.18. The average molecular weight is 183 g/mol. The molecule has 0 aromatic carbocycles. The molecule has 4 heteroatoms. The molecule has 1 atom stereocenters. The first-order valence-corrected chi connectivity index (χ1v) is 5.03. The maximum absolute atomic E-state index is 11.5. The molecule has 2 saturated heterocycles. The van der Waals surface area contributed by atoms with Crippen LogP contribution in [0.3, 0.4) is 0 Å². The Kier molecular flexibility index (Phi) is 2.51. The van der Waals surface area contributed by atoms with E-state index in [9.17, 15) is 4.79 Å². The highest BCUT2D eigenvalue weighted by Gasteiger charge is 2.32. The lowest BCUT2D eigenvalue weighted by Crippen LogP contribution is -2.51. The van der Waals surface area contributed by atoms with Crippen molar-refractivity contribution < 1.29 is 4.79 Å². The summed E-state index contributed by atoms with van der Waals surface area (Å²) in [6.07, 6.45) is 3.01. The van der Waals surface area contributed by atoms with Crippen LogP contribution < -0.4 is 5.32 Å². The number of hydrogen-bond donors (Lipinski definition) is 1. The lowest BCUT2D eigenvalue weighted by molar-refractivity contribution is -0.141. The van der Waals surface area contributed by atoms with Gasteiger partial charge in [0, 0.05) is 26.6 Å². The summed E-state index contributed by atoms with van der Waals surface area (Å²) in [6, 6.07) is 0.397. The summed E-state index contributed by atoms with van der Waals surface area (Å²) < 4.78 is 0. The Morgan fingerprint density at radius 1 is 1.54 bits per heavy atom. The molecule has 0 aromatic heterocycles. The molecule has 13 heavy (non-hydrogen) atoms. The van der Waals surface area contributed by atoms with Gasteiger partial charge in [0.15, 0.2) is 0 Å². The molecule has 2 heterocycles. The molecule has 1 unspecified atom stereocenters. The van der Waals surface area contributed by atoms with Crippen molar-refractivity contribution >= 4 is 5.91 Å². The van der Waals surface area contributed by atoms with Crippen molar-refractivity contribution in [1.82, 2.24) is 15.3 Å². The predicted octanol–water partition coefficient (Wildman–Crippen LogP) is -0.182. The second-order valence-electron chi connectivity index (χ2n) is 3.87. The zero-order valence-corrected chi connectivity index (χ0v) is 8.12. The van der Waals surface area contributed by atoms with Crippen molar-refractivity contribution in [3.05, 3.63) is 0 Å². The van der Waals surface area contributed by atoms with Crippen LogP contribution in [0.15, 0.2) is 0 Å². The number of hydrogen-bond acceptors (Lipinski definition) is 3. The van der Waals surface area contributed by atoms with E-state index in [4.69, 9.17) is 0 Å². The van der Waals surface area contributed by atoms with Crippen molar-refractivity contribution in [2.45, 2.75) is 25.3 Å². The number of nitrogens with zero attached hydrogens (tertiary/aromatic N) is 2. The van der Waals surface area contributed by atoms with Crippen LogP contribution >= 0.6 is 0 Å². The van der Waals surface area contributed by atoms with Gasteiger partial charge in [0.05, 0.1) is 6.04 Å². The summed E-state index contributed by atoms with van der Waals surface area (Å²) in [5, 5.41) is 7.32. The van der Waals surface area contributed by atoms with Crippen LogP contribution in [0.25, 0.3) is 0 Å². The first kappa shape index (κ1) is 8.97. The lowest BCUT2D eigenvalue weighted by Gasteiger charge is -2.35. The van der Waals surface area contributed by atoms with Crippen LogP contribution in [0, 0.1) is 0 Å². The third-order valence-corrected chi connectivity index (χ3v) is 2.89. The van der Waals surface area contributed by atoms with Gasteiger partial charge in [0.2, 0.25) is 5.91 Å². The van der Waals surface area contributed by atoms with Gasteiger partial charge in [-0.3, -0.25) is 9.80 Å². The minimum absolute atomic E-state index is 0.288. The topological polar surface area (TPSA) is 35.6 Å². The summed E-state index contributed by atoms with van der Waals surface area (Å²) in [6.45, 7) is 2.94. The Balaban J connectivity index is 2.00. The van der Waals surface area contributed by atoms with Crippen LogP contribution in [0.5, 0.6) is 0 Å². The third kappa shape index (κ3) is 1.69. The van der Waals surface area contributed by atoms with E-state index in [1.165, 1.54) is 6.42 Å². The van der Waals surface area contributed by atoms with E-state index >= 15 is 0 Å². The molecule has 0 radical (unpaired) electrons. The van der Waals surface area contributed by atoms with Gasteiger partial charge >= 0.3 is 0 Å². The van der Waals surface area contributed by atoms with Crippen molar-refractivity contribution in [3.63, 3.8) is 0 Å². The highest BCUT2D eigenvalue weighted by atomic mass is 16.2. The molecule has 2 aliphatic rings. The molecule has 4 nitrogen and oxygen atoms in total. The van der Waals surface area contributed by atoms with Gasteiger partial charge in [-0.2, -0.15) is 0 Å². The zero-order valence-electron chi connectivity index (χ0n) is 8.12. The molecule has 1 amide bonds. The molecule has 2 aliphatic heterocycles. The van der Waals surface area contributed by atoms with Crippen LogP contribution in [-0.2, 0) is 4.79 Å². The second-order valence-corrected chi connectivity index (χ2v) is 3.87. The first-order valence-electron chi connectivity index (χ1n) is 5.03. The molecular weight excluding hydrogens is 166 g/mol. The summed E-state index contributed by atoms with van der Waals surface area (Å²) in [4.78, 5) is 11.5. The molecule has 0 aliphatic carbocycles. The molecule has 0 spiro atoms. The zero-order chi connectivity index (χ0) is 9.26. The minimum Gasteiger partial charge on any atom is -0.315 e. The maximum Gasteiger partial charge on any atom is 0.238 e. The van der Waals surface area contributed by atoms with Crippen LogP contribution in [-0.4, -0.2) is 48.6 Å². The van der Waals surface area contributed by atoms with E-state index in [0.717, 1.165) is 26.1 Å². The molecular formula is C9H17N3O. The lowest BCUT2D eigenvalue weighted by atomic mass is 10.1. The quantitative estimate of drug-likeness (QED) is 0.612. The standard InChI is InChI=1S/C9H17N3O/c1-11-6-4-9(13)12(11)8-3-2-5-10-7-8/h8,10H,2-7H2,1H3. The number of carbonyl (C=O) groups excluding carboxylic acids is 1. The largest absolute Gasteiger partial charge is 0.315 e. The van der Waals surface area contributed by atoms with Crippen LogP contribution in [0.4, 0.5) is 0 Å². The Labute approximate surface area is 78.8 Å². The van der Waals surface area contributed by atoms with E-state index < -0.39 is 0 Å². The molecule has 2 fully saturated rings. The minimum atomic E-state index is 0.288. The fourth-order valence-corrected chi connectivity index (χ4v) is 2.19. The summed E-state index contributed by atoms with van der Waals surface area (Å²) in [5.41, 5.74) is 0. The van der Waals surface area contributed by atoms with Gasteiger partial charge in [-0.1, -0.05) is 0 Å². The summed E-state index contributed by atoms with van der Waals surface area (Å²) >= 11 is 0. The molecule has 0 aromatic rings. The van der Waals surface area contributed by atoms with Crippen molar-refractivity contribution in [2.75, 3.05) is 26.7 Å². The van der Waals surface area contributed by atoms with E-state index in [-0.39, 0.29) is 5.91 Å². The van der Waals surface area contributed by atoms with E-state index in [0.29, 0.717) is 12.5 Å². The molecule has 2 rings (SSSR count). The van der Waals surface area contributed by atoms with Gasteiger partial charge in [0.25, 0.3) is 0 Å². The summed E-state index contributed by atoms with van der Waals surface area (Å²) in [7, 11) is 2.00. The Bertz CT molecular complexity index is 201. The maximum atomic E-state index is 11.5. The average Bonchev–Trinajstić information content (AvgIpc) is 2.48. The van der Waals surface area contributed by atoms with Gasteiger partial charge in [0.1, 0.15) is 0 Å². The number of nitrogens with one attached hydrogen (secondary N) is 1.